The normalized spacial score (nSPS) is 15.8. The number of carbonyl (C=O) groups excluding carboxylic acids is 2. The predicted octanol–water partition coefficient (Wildman–Crippen LogP) is 2.90. The number of amides is 2. The van der Waals surface area contributed by atoms with Gasteiger partial charge in [-0.25, -0.2) is 0 Å². The van der Waals surface area contributed by atoms with Crippen LogP contribution in [-0.2, 0) is 9.59 Å². The van der Waals surface area contributed by atoms with E-state index < -0.39 is 0 Å². The average Bonchev–Trinajstić information content (AvgIpc) is 3.15. The van der Waals surface area contributed by atoms with E-state index in [4.69, 9.17) is 14.2 Å². The zero-order valence-electron chi connectivity index (χ0n) is 17.9. The topological polar surface area (TPSA) is 68.3 Å². The number of likely N-dealkylation sites (N-methyl/N-ethyl adjacent to an activating group) is 1. The third-order valence-electron chi connectivity index (χ3n) is 5.23. The Morgan fingerprint density at radius 2 is 1.80 bits per heavy atom. The van der Waals surface area contributed by atoms with E-state index in [0.717, 1.165) is 11.3 Å². The van der Waals surface area contributed by atoms with Gasteiger partial charge in [0.2, 0.25) is 11.8 Å². The minimum Gasteiger partial charge on any atom is -0.497 e. The van der Waals surface area contributed by atoms with Crippen LogP contribution in [0.2, 0.25) is 0 Å². The molecule has 2 amide bonds. The molecule has 1 heterocycles. The minimum atomic E-state index is -0.381. The SMILES string of the molecule is COc1ccc(OCCN(C)C(=O)C2CC(=O)N(c3cc(C)ccc3OC)C2)cc1. The summed E-state index contributed by atoms with van der Waals surface area (Å²) >= 11 is 0. The first-order valence-corrected chi connectivity index (χ1v) is 9.89. The molecule has 1 aliphatic rings. The average molecular weight is 412 g/mol. The lowest BCUT2D eigenvalue weighted by Crippen LogP contribution is -2.37. The van der Waals surface area contributed by atoms with E-state index in [-0.39, 0.29) is 24.2 Å². The molecule has 30 heavy (non-hydrogen) atoms. The van der Waals surface area contributed by atoms with Gasteiger partial charge in [0.05, 0.1) is 32.4 Å². The van der Waals surface area contributed by atoms with Gasteiger partial charge < -0.3 is 24.0 Å². The Morgan fingerprint density at radius 1 is 1.10 bits per heavy atom. The van der Waals surface area contributed by atoms with Gasteiger partial charge in [-0.2, -0.15) is 0 Å². The zero-order chi connectivity index (χ0) is 21.7. The molecule has 1 aliphatic heterocycles. The fraction of sp³-hybridized carbons (Fsp3) is 0.391. The fourth-order valence-corrected chi connectivity index (χ4v) is 3.51. The summed E-state index contributed by atoms with van der Waals surface area (Å²) in [5.74, 6) is 1.59. The van der Waals surface area contributed by atoms with Gasteiger partial charge in [0.25, 0.3) is 0 Å². The van der Waals surface area contributed by atoms with Crippen LogP contribution in [0.25, 0.3) is 0 Å². The highest BCUT2D eigenvalue weighted by Crippen LogP contribution is 2.34. The lowest BCUT2D eigenvalue weighted by molar-refractivity contribution is -0.134. The second kappa shape index (κ2) is 9.52. The molecule has 1 atom stereocenters. The van der Waals surface area contributed by atoms with E-state index in [1.54, 1.807) is 31.1 Å². The van der Waals surface area contributed by atoms with Gasteiger partial charge in [-0.05, 0) is 48.9 Å². The van der Waals surface area contributed by atoms with Crippen molar-refractivity contribution >= 4 is 17.5 Å². The molecule has 0 N–H and O–H groups in total. The maximum atomic E-state index is 12.9. The molecule has 1 saturated heterocycles. The Morgan fingerprint density at radius 3 is 2.47 bits per heavy atom. The second-order valence-electron chi connectivity index (χ2n) is 7.36. The van der Waals surface area contributed by atoms with Crippen molar-refractivity contribution in [3.05, 3.63) is 48.0 Å². The summed E-state index contributed by atoms with van der Waals surface area (Å²) in [6, 6.07) is 13.0. The third-order valence-corrected chi connectivity index (χ3v) is 5.23. The standard InChI is InChI=1S/C23H28N2O5/c1-16-5-10-21(29-4)20(13-16)25-15-17(14-22(25)26)23(27)24(2)11-12-30-19-8-6-18(28-3)7-9-19/h5-10,13,17H,11-12,14-15H2,1-4H3. The maximum absolute atomic E-state index is 12.9. The van der Waals surface area contributed by atoms with Gasteiger partial charge in [0.1, 0.15) is 23.9 Å². The predicted molar refractivity (Wildman–Crippen MR) is 114 cm³/mol. The minimum absolute atomic E-state index is 0.0594. The number of aryl methyl sites for hydroxylation is 1. The summed E-state index contributed by atoms with van der Waals surface area (Å²) in [6.45, 7) is 3.11. The molecule has 3 rings (SSSR count). The Bertz CT molecular complexity index is 897. The van der Waals surface area contributed by atoms with Gasteiger partial charge in [0.15, 0.2) is 0 Å². The van der Waals surface area contributed by atoms with Gasteiger partial charge in [0, 0.05) is 20.0 Å². The Hall–Kier alpha value is -3.22. The van der Waals surface area contributed by atoms with Crippen LogP contribution >= 0.6 is 0 Å². The van der Waals surface area contributed by atoms with E-state index in [9.17, 15) is 9.59 Å². The summed E-state index contributed by atoms with van der Waals surface area (Å²) < 4.78 is 16.2. The molecule has 0 saturated carbocycles. The molecule has 0 spiro atoms. The van der Waals surface area contributed by atoms with Crippen molar-refractivity contribution < 1.29 is 23.8 Å². The van der Waals surface area contributed by atoms with Crippen LogP contribution < -0.4 is 19.1 Å². The third kappa shape index (κ3) is 4.84. The monoisotopic (exact) mass is 412 g/mol. The van der Waals surface area contributed by atoms with Crippen molar-refractivity contribution in [3.8, 4) is 17.2 Å². The number of nitrogens with zero attached hydrogens (tertiary/aromatic N) is 2. The van der Waals surface area contributed by atoms with Gasteiger partial charge in [-0.3, -0.25) is 9.59 Å². The number of rotatable bonds is 8. The fourth-order valence-electron chi connectivity index (χ4n) is 3.51. The summed E-state index contributed by atoms with van der Waals surface area (Å²) in [6.07, 6.45) is 0.194. The number of hydrogen-bond acceptors (Lipinski definition) is 5. The molecule has 2 aromatic rings. The van der Waals surface area contributed by atoms with Gasteiger partial charge in [-0.15, -0.1) is 0 Å². The molecule has 0 radical (unpaired) electrons. The van der Waals surface area contributed by atoms with Crippen LogP contribution in [0, 0.1) is 12.8 Å². The van der Waals surface area contributed by atoms with Crippen LogP contribution in [0.15, 0.2) is 42.5 Å². The first-order valence-electron chi connectivity index (χ1n) is 9.89. The Labute approximate surface area is 177 Å². The quantitative estimate of drug-likeness (QED) is 0.667. The largest absolute Gasteiger partial charge is 0.497 e. The van der Waals surface area contributed by atoms with Crippen molar-refractivity contribution in [2.24, 2.45) is 5.92 Å². The van der Waals surface area contributed by atoms with Crippen LogP contribution in [-0.4, -0.2) is 57.7 Å². The van der Waals surface area contributed by atoms with E-state index >= 15 is 0 Å². The number of carbonyl (C=O) groups is 2. The van der Waals surface area contributed by atoms with Crippen molar-refractivity contribution in [2.45, 2.75) is 13.3 Å². The number of hydrogen-bond donors (Lipinski definition) is 0. The lowest BCUT2D eigenvalue weighted by atomic mass is 10.1. The van der Waals surface area contributed by atoms with Crippen LogP contribution in [0.5, 0.6) is 17.2 Å². The van der Waals surface area contributed by atoms with E-state index in [1.807, 2.05) is 49.4 Å². The van der Waals surface area contributed by atoms with Gasteiger partial charge in [-0.1, -0.05) is 6.07 Å². The molecule has 1 unspecified atom stereocenters. The van der Waals surface area contributed by atoms with E-state index in [0.29, 0.717) is 36.9 Å². The van der Waals surface area contributed by atoms with Gasteiger partial charge >= 0.3 is 0 Å². The van der Waals surface area contributed by atoms with Crippen molar-refractivity contribution in [2.75, 3.05) is 45.9 Å². The molecule has 7 nitrogen and oxygen atoms in total. The zero-order valence-corrected chi connectivity index (χ0v) is 17.9. The molecule has 2 aromatic carbocycles. The first kappa shape index (κ1) is 21.5. The van der Waals surface area contributed by atoms with Crippen LogP contribution in [0.1, 0.15) is 12.0 Å². The highest BCUT2D eigenvalue weighted by atomic mass is 16.5. The number of benzene rings is 2. The lowest BCUT2D eigenvalue weighted by Gasteiger charge is -2.22. The van der Waals surface area contributed by atoms with Crippen LogP contribution in [0.4, 0.5) is 5.69 Å². The van der Waals surface area contributed by atoms with E-state index in [1.165, 1.54) is 0 Å². The van der Waals surface area contributed by atoms with Crippen LogP contribution in [0.3, 0.4) is 0 Å². The highest BCUT2D eigenvalue weighted by Gasteiger charge is 2.37. The number of anilines is 1. The molecule has 0 aromatic heterocycles. The summed E-state index contributed by atoms with van der Waals surface area (Å²) in [5, 5.41) is 0. The molecular weight excluding hydrogens is 384 g/mol. The summed E-state index contributed by atoms with van der Waals surface area (Å²) in [5.41, 5.74) is 1.74. The molecule has 7 heteroatoms. The second-order valence-corrected chi connectivity index (χ2v) is 7.36. The molecule has 0 aliphatic carbocycles. The van der Waals surface area contributed by atoms with Crippen molar-refractivity contribution in [1.29, 1.82) is 0 Å². The Kier molecular flexibility index (Phi) is 6.82. The van der Waals surface area contributed by atoms with E-state index in [2.05, 4.69) is 0 Å². The molecule has 0 bridgehead atoms. The summed E-state index contributed by atoms with van der Waals surface area (Å²) in [4.78, 5) is 28.7. The smallest absolute Gasteiger partial charge is 0.227 e. The first-order chi connectivity index (χ1) is 14.4. The van der Waals surface area contributed by atoms with Crippen molar-refractivity contribution in [3.63, 3.8) is 0 Å². The Balaban J connectivity index is 1.56. The molecule has 1 fully saturated rings. The highest BCUT2D eigenvalue weighted by molar-refractivity contribution is 6.01. The number of ether oxygens (including phenoxy) is 3. The summed E-state index contributed by atoms with van der Waals surface area (Å²) in [7, 11) is 4.93. The maximum Gasteiger partial charge on any atom is 0.227 e. The molecule has 160 valence electrons. The number of methoxy groups -OCH3 is 2. The molecular formula is C23H28N2O5. The van der Waals surface area contributed by atoms with Crippen molar-refractivity contribution in [1.82, 2.24) is 4.90 Å².